The van der Waals surface area contributed by atoms with E-state index in [0.29, 0.717) is 37.6 Å². The highest BCUT2D eigenvalue weighted by molar-refractivity contribution is 6.55. The molecule has 1 saturated heterocycles. The number of ether oxygens (including phenoxy) is 2. The van der Waals surface area contributed by atoms with Crippen molar-refractivity contribution >= 4 is 29.0 Å². The molecule has 6 nitrogen and oxygen atoms in total. The van der Waals surface area contributed by atoms with E-state index in [9.17, 15) is 9.59 Å². The van der Waals surface area contributed by atoms with Crippen molar-refractivity contribution < 1.29 is 19.1 Å². The minimum Gasteiger partial charge on any atom is -0.497 e. The molecule has 0 spiro atoms. The summed E-state index contributed by atoms with van der Waals surface area (Å²) >= 11 is 6.15. The van der Waals surface area contributed by atoms with Gasteiger partial charge in [0.2, 0.25) is 0 Å². The van der Waals surface area contributed by atoms with E-state index >= 15 is 0 Å². The molecule has 128 valence electrons. The van der Waals surface area contributed by atoms with Gasteiger partial charge in [-0.15, -0.1) is 0 Å². The van der Waals surface area contributed by atoms with E-state index in [-0.39, 0.29) is 16.5 Å². The molecule has 2 heterocycles. The van der Waals surface area contributed by atoms with Crippen molar-refractivity contribution in [2.24, 2.45) is 0 Å². The van der Waals surface area contributed by atoms with Crippen LogP contribution in [0.3, 0.4) is 0 Å². The Morgan fingerprint density at radius 3 is 2.38 bits per heavy atom. The van der Waals surface area contributed by atoms with Gasteiger partial charge in [-0.05, 0) is 17.7 Å². The normalized spacial score (nSPS) is 19.3. The van der Waals surface area contributed by atoms with E-state index in [4.69, 9.17) is 21.1 Å². The lowest BCUT2D eigenvalue weighted by Crippen LogP contribution is -2.43. The van der Waals surface area contributed by atoms with Gasteiger partial charge in [0, 0.05) is 26.2 Å². The topological polar surface area (TPSA) is 59.1 Å². The maximum atomic E-state index is 12.6. The molecule has 1 aromatic rings. The molecule has 2 aliphatic heterocycles. The van der Waals surface area contributed by atoms with Gasteiger partial charge in [-0.25, -0.2) is 0 Å². The first-order valence-corrected chi connectivity index (χ1v) is 8.20. The van der Waals surface area contributed by atoms with Crippen molar-refractivity contribution in [3.05, 3.63) is 34.9 Å². The number of hydrogen-bond acceptors (Lipinski definition) is 5. The Balaban J connectivity index is 1.71. The summed E-state index contributed by atoms with van der Waals surface area (Å²) in [6.07, 6.45) is 0. The SMILES string of the molecule is COc1ccc(C2=C(Cl)C(=O)N(CCN3CCOCC3)C2=O)cc1. The molecule has 0 unspecified atom stereocenters. The second kappa shape index (κ2) is 7.34. The van der Waals surface area contributed by atoms with Gasteiger partial charge < -0.3 is 9.47 Å². The maximum Gasteiger partial charge on any atom is 0.273 e. The fraction of sp³-hybridized carbons (Fsp3) is 0.412. The third kappa shape index (κ3) is 3.31. The molecule has 0 aliphatic carbocycles. The summed E-state index contributed by atoms with van der Waals surface area (Å²) in [6.45, 7) is 3.93. The summed E-state index contributed by atoms with van der Waals surface area (Å²) in [6, 6.07) is 6.93. The van der Waals surface area contributed by atoms with E-state index in [1.807, 2.05) is 0 Å². The Morgan fingerprint density at radius 1 is 1.08 bits per heavy atom. The van der Waals surface area contributed by atoms with Gasteiger partial charge in [-0.2, -0.15) is 0 Å². The zero-order chi connectivity index (χ0) is 17.1. The average molecular weight is 351 g/mol. The number of amides is 2. The van der Waals surface area contributed by atoms with Crippen LogP contribution in [0.1, 0.15) is 5.56 Å². The number of imide groups is 1. The van der Waals surface area contributed by atoms with Crippen molar-refractivity contribution in [3.63, 3.8) is 0 Å². The number of carbonyl (C=O) groups is 2. The Hall–Kier alpha value is -1.89. The molecule has 1 aromatic carbocycles. The number of methoxy groups -OCH3 is 1. The molecule has 0 bridgehead atoms. The molecule has 0 saturated carbocycles. The van der Waals surface area contributed by atoms with Gasteiger partial charge in [-0.3, -0.25) is 19.4 Å². The van der Waals surface area contributed by atoms with Crippen LogP contribution in [-0.4, -0.2) is 68.1 Å². The van der Waals surface area contributed by atoms with Crippen LogP contribution in [0.5, 0.6) is 5.75 Å². The molecular weight excluding hydrogens is 332 g/mol. The molecule has 2 aliphatic rings. The maximum absolute atomic E-state index is 12.6. The Kier molecular flexibility index (Phi) is 5.18. The number of benzene rings is 1. The van der Waals surface area contributed by atoms with E-state index in [1.165, 1.54) is 4.90 Å². The largest absolute Gasteiger partial charge is 0.497 e. The van der Waals surface area contributed by atoms with Crippen LogP contribution in [0.15, 0.2) is 29.3 Å². The zero-order valence-corrected chi connectivity index (χ0v) is 14.2. The number of morpholine rings is 1. The fourth-order valence-corrected chi connectivity index (χ4v) is 3.12. The predicted octanol–water partition coefficient (Wildman–Crippen LogP) is 1.35. The average Bonchev–Trinajstić information content (AvgIpc) is 2.83. The van der Waals surface area contributed by atoms with Crippen LogP contribution in [0.4, 0.5) is 0 Å². The van der Waals surface area contributed by atoms with Crippen molar-refractivity contribution in [1.29, 1.82) is 0 Å². The summed E-state index contributed by atoms with van der Waals surface area (Å²) < 4.78 is 10.4. The molecule has 0 aromatic heterocycles. The summed E-state index contributed by atoms with van der Waals surface area (Å²) in [5.41, 5.74) is 0.874. The van der Waals surface area contributed by atoms with E-state index < -0.39 is 5.91 Å². The first kappa shape index (κ1) is 17.0. The standard InChI is InChI=1S/C17H19ClN2O4/c1-23-13-4-2-12(3-5-13)14-15(18)17(22)20(16(14)21)7-6-19-8-10-24-11-9-19/h2-5H,6-11H2,1H3. The number of nitrogens with zero attached hydrogens (tertiary/aromatic N) is 2. The predicted molar refractivity (Wildman–Crippen MR) is 89.7 cm³/mol. The first-order chi connectivity index (χ1) is 11.6. The molecule has 0 radical (unpaired) electrons. The highest BCUT2D eigenvalue weighted by Gasteiger charge is 2.38. The number of halogens is 1. The molecule has 7 heteroatoms. The van der Waals surface area contributed by atoms with Crippen molar-refractivity contribution in [2.45, 2.75) is 0 Å². The highest BCUT2D eigenvalue weighted by Crippen LogP contribution is 2.32. The van der Waals surface area contributed by atoms with Crippen molar-refractivity contribution in [1.82, 2.24) is 9.80 Å². The highest BCUT2D eigenvalue weighted by atomic mass is 35.5. The second-order valence-electron chi connectivity index (χ2n) is 5.63. The molecule has 0 atom stereocenters. The van der Waals surface area contributed by atoms with Crippen molar-refractivity contribution in [3.8, 4) is 5.75 Å². The van der Waals surface area contributed by atoms with Crippen molar-refractivity contribution in [2.75, 3.05) is 46.5 Å². The lowest BCUT2D eigenvalue weighted by atomic mass is 10.1. The Labute approximate surface area is 145 Å². The van der Waals surface area contributed by atoms with E-state index in [1.54, 1.807) is 31.4 Å². The number of carbonyl (C=O) groups excluding carboxylic acids is 2. The smallest absolute Gasteiger partial charge is 0.273 e. The lowest BCUT2D eigenvalue weighted by Gasteiger charge is -2.28. The van der Waals surface area contributed by atoms with E-state index in [2.05, 4.69) is 4.90 Å². The Morgan fingerprint density at radius 2 is 1.75 bits per heavy atom. The third-order valence-corrected chi connectivity index (χ3v) is 4.58. The molecule has 24 heavy (non-hydrogen) atoms. The molecule has 1 fully saturated rings. The first-order valence-electron chi connectivity index (χ1n) is 7.82. The minimum absolute atomic E-state index is 0.0212. The van der Waals surface area contributed by atoms with Gasteiger partial charge >= 0.3 is 0 Å². The summed E-state index contributed by atoms with van der Waals surface area (Å²) in [4.78, 5) is 28.4. The molecular formula is C17H19ClN2O4. The third-order valence-electron chi connectivity index (χ3n) is 4.23. The Bertz CT molecular complexity index is 666. The molecule has 0 N–H and O–H groups in total. The number of rotatable bonds is 5. The quantitative estimate of drug-likeness (QED) is 0.750. The summed E-state index contributed by atoms with van der Waals surface area (Å²) in [7, 11) is 1.57. The van der Waals surface area contributed by atoms with Gasteiger partial charge in [0.1, 0.15) is 10.8 Å². The van der Waals surface area contributed by atoms with E-state index in [0.717, 1.165) is 13.1 Å². The second-order valence-corrected chi connectivity index (χ2v) is 6.01. The number of hydrogen-bond donors (Lipinski definition) is 0. The van der Waals surface area contributed by atoms with Crippen LogP contribution in [0, 0.1) is 0 Å². The minimum atomic E-state index is -0.430. The lowest BCUT2D eigenvalue weighted by molar-refractivity contribution is -0.136. The summed E-state index contributed by atoms with van der Waals surface area (Å²) in [5, 5.41) is -0.0212. The van der Waals surface area contributed by atoms with Crippen LogP contribution in [0.2, 0.25) is 0 Å². The zero-order valence-electron chi connectivity index (χ0n) is 13.5. The van der Waals surface area contributed by atoms with Gasteiger partial charge in [0.25, 0.3) is 11.8 Å². The molecule has 3 rings (SSSR count). The van der Waals surface area contributed by atoms with Crippen LogP contribution in [0.25, 0.3) is 5.57 Å². The summed E-state index contributed by atoms with van der Waals surface area (Å²) in [5.74, 6) is -0.0967. The van der Waals surface area contributed by atoms with Gasteiger partial charge in [0.15, 0.2) is 0 Å². The monoisotopic (exact) mass is 350 g/mol. The fourth-order valence-electron chi connectivity index (χ4n) is 2.82. The van der Waals surface area contributed by atoms with Crippen LogP contribution >= 0.6 is 11.6 Å². The van der Waals surface area contributed by atoms with Gasteiger partial charge in [0.05, 0.1) is 25.9 Å². The molecule has 2 amide bonds. The van der Waals surface area contributed by atoms with Crippen LogP contribution in [-0.2, 0) is 14.3 Å². The van der Waals surface area contributed by atoms with Crippen LogP contribution < -0.4 is 4.74 Å². The van der Waals surface area contributed by atoms with Gasteiger partial charge in [-0.1, -0.05) is 23.7 Å².